The van der Waals surface area contributed by atoms with Gasteiger partial charge in [0.25, 0.3) is 0 Å². The first-order valence-corrected chi connectivity index (χ1v) is 6.67. The van der Waals surface area contributed by atoms with Gasteiger partial charge in [-0.2, -0.15) is 0 Å². The summed E-state index contributed by atoms with van der Waals surface area (Å²) in [5.41, 5.74) is 0.471. The molecule has 3 rings (SSSR count). The molecule has 0 amide bonds. The van der Waals surface area contributed by atoms with Crippen LogP contribution in [-0.4, -0.2) is 23.1 Å². The third kappa shape index (κ3) is 2.11. The van der Waals surface area contributed by atoms with Crippen molar-refractivity contribution in [2.24, 2.45) is 17.8 Å². The molecule has 4 heteroatoms. The fraction of sp³-hybridized carbons (Fsp3) is 0.643. The van der Waals surface area contributed by atoms with Crippen LogP contribution in [0.25, 0.3) is 0 Å². The number of fused-ring (bicyclic) bond motifs is 2. The van der Waals surface area contributed by atoms with Crippen molar-refractivity contribution < 1.29 is 9.53 Å². The summed E-state index contributed by atoms with van der Waals surface area (Å²) in [4.78, 5) is 12.1. The first-order chi connectivity index (χ1) is 8.76. The van der Waals surface area contributed by atoms with Crippen molar-refractivity contribution in [2.45, 2.75) is 32.1 Å². The normalized spacial score (nSPS) is 29.5. The predicted molar refractivity (Wildman–Crippen MR) is 66.5 cm³/mol. The number of carbonyl (C=O) groups is 1. The standard InChI is InChI=1S/C14H18N2O2/c1-18-14-5-4-12(15-16-14)13(17)8-11-7-9-2-3-10(11)6-9/h4-5,9-11H,2-3,6-8H2,1H3. The Morgan fingerprint density at radius 3 is 2.78 bits per heavy atom. The average Bonchev–Trinajstić information content (AvgIpc) is 3.01. The molecule has 0 N–H and O–H groups in total. The van der Waals surface area contributed by atoms with E-state index in [-0.39, 0.29) is 5.78 Å². The number of carbonyl (C=O) groups excluding carboxylic acids is 1. The second kappa shape index (κ2) is 4.67. The molecule has 0 radical (unpaired) electrons. The highest BCUT2D eigenvalue weighted by Gasteiger charge is 2.40. The van der Waals surface area contributed by atoms with Crippen LogP contribution in [-0.2, 0) is 0 Å². The third-order valence-electron chi connectivity index (χ3n) is 4.47. The van der Waals surface area contributed by atoms with Crippen LogP contribution in [0, 0.1) is 17.8 Å². The van der Waals surface area contributed by atoms with E-state index in [2.05, 4.69) is 10.2 Å². The predicted octanol–water partition coefficient (Wildman–Crippen LogP) is 2.49. The Kier molecular flexibility index (Phi) is 3.02. The largest absolute Gasteiger partial charge is 0.480 e. The number of methoxy groups -OCH3 is 1. The molecule has 2 aliphatic carbocycles. The molecule has 3 atom stereocenters. The lowest BCUT2D eigenvalue weighted by molar-refractivity contribution is 0.0938. The number of aromatic nitrogens is 2. The zero-order valence-corrected chi connectivity index (χ0v) is 10.6. The summed E-state index contributed by atoms with van der Waals surface area (Å²) in [5.74, 6) is 2.83. The molecular weight excluding hydrogens is 228 g/mol. The zero-order chi connectivity index (χ0) is 12.5. The minimum absolute atomic E-state index is 0.128. The van der Waals surface area contributed by atoms with Crippen molar-refractivity contribution in [3.8, 4) is 5.88 Å². The molecule has 0 aromatic carbocycles. The number of Topliss-reactive ketones (excluding diaryl/α,β-unsaturated/α-hetero) is 1. The van der Waals surface area contributed by atoms with Crippen molar-refractivity contribution in [2.75, 3.05) is 7.11 Å². The van der Waals surface area contributed by atoms with Gasteiger partial charge in [0.2, 0.25) is 5.88 Å². The molecule has 18 heavy (non-hydrogen) atoms. The number of hydrogen-bond acceptors (Lipinski definition) is 4. The number of rotatable bonds is 4. The quantitative estimate of drug-likeness (QED) is 0.766. The molecule has 0 spiro atoms. The summed E-state index contributed by atoms with van der Waals surface area (Å²) in [5, 5.41) is 7.78. The molecule has 4 nitrogen and oxygen atoms in total. The van der Waals surface area contributed by atoms with Crippen LogP contribution >= 0.6 is 0 Å². The molecule has 1 aromatic heterocycles. The van der Waals surface area contributed by atoms with Crippen molar-refractivity contribution in [1.29, 1.82) is 0 Å². The smallest absolute Gasteiger partial charge is 0.233 e. The fourth-order valence-electron chi connectivity index (χ4n) is 3.55. The van der Waals surface area contributed by atoms with Crippen molar-refractivity contribution >= 4 is 5.78 Å². The van der Waals surface area contributed by atoms with Gasteiger partial charge in [-0.3, -0.25) is 4.79 Å². The van der Waals surface area contributed by atoms with E-state index in [9.17, 15) is 4.79 Å². The maximum atomic E-state index is 12.1. The van der Waals surface area contributed by atoms with Gasteiger partial charge in [-0.05, 0) is 43.1 Å². The SMILES string of the molecule is COc1ccc(C(=O)CC2CC3CCC2C3)nn1. The van der Waals surface area contributed by atoms with Gasteiger partial charge in [-0.25, -0.2) is 0 Å². The second-order valence-electron chi connectivity index (χ2n) is 5.52. The molecule has 0 saturated heterocycles. The van der Waals surface area contributed by atoms with Crippen LogP contribution in [0.15, 0.2) is 12.1 Å². The number of hydrogen-bond donors (Lipinski definition) is 0. The lowest BCUT2D eigenvalue weighted by Gasteiger charge is -2.20. The van der Waals surface area contributed by atoms with Crippen molar-refractivity contribution in [3.63, 3.8) is 0 Å². The Labute approximate surface area is 107 Å². The first-order valence-electron chi connectivity index (χ1n) is 6.67. The van der Waals surface area contributed by atoms with E-state index in [1.807, 2.05) is 0 Å². The lowest BCUT2D eigenvalue weighted by Crippen LogP contribution is -2.16. The Balaban J connectivity index is 1.64. The van der Waals surface area contributed by atoms with Gasteiger partial charge in [0.1, 0.15) is 5.69 Å². The maximum absolute atomic E-state index is 12.1. The summed E-state index contributed by atoms with van der Waals surface area (Å²) in [6.07, 6.45) is 5.91. The van der Waals surface area contributed by atoms with E-state index in [4.69, 9.17) is 4.74 Å². The minimum Gasteiger partial charge on any atom is -0.480 e. The highest BCUT2D eigenvalue weighted by Crippen LogP contribution is 2.49. The molecule has 2 fully saturated rings. The van der Waals surface area contributed by atoms with E-state index >= 15 is 0 Å². The molecule has 0 aliphatic heterocycles. The maximum Gasteiger partial charge on any atom is 0.233 e. The van der Waals surface area contributed by atoms with Crippen LogP contribution in [0.4, 0.5) is 0 Å². The number of ether oxygens (including phenoxy) is 1. The summed E-state index contributed by atoms with van der Waals surface area (Å²) in [7, 11) is 1.54. The highest BCUT2D eigenvalue weighted by atomic mass is 16.5. The first kappa shape index (κ1) is 11.6. The summed E-state index contributed by atoms with van der Waals surface area (Å²) in [6.45, 7) is 0. The van der Waals surface area contributed by atoms with Gasteiger partial charge in [0, 0.05) is 12.5 Å². The van der Waals surface area contributed by atoms with E-state index in [1.54, 1.807) is 19.2 Å². The van der Waals surface area contributed by atoms with Gasteiger partial charge in [0.15, 0.2) is 5.78 Å². The zero-order valence-electron chi connectivity index (χ0n) is 10.6. The third-order valence-corrected chi connectivity index (χ3v) is 4.47. The van der Waals surface area contributed by atoms with Crippen LogP contribution in [0.3, 0.4) is 0 Å². The molecule has 2 aliphatic rings. The van der Waals surface area contributed by atoms with Crippen LogP contribution in [0.5, 0.6) is 5.88 Å². The molecule has 96 valence electrons. The Bertz CT molecular complexity index is 444. The Hall–Kier alpha value is -1.45. The minimum atomic E-state index is 0.128. The molecular formula is C14H18N2O2. The lowest BCUT2D eigenvalue weighted by atomic mass is 9.85. The molecule has 2 bridgehead atoms. The van der Waals surface area contributed by atoms with E-state index in [0.717, 1.165) is 11.8 Å². The van der Waals surface area contributed by atoms with Gasteiger partial charge in [-0.1, -0.05) is 6.42 Å². The van der Waals surface area contributed by atoms with Crippen LogP contribution < -0.4 is 4.74 Å². The average molecular weight is 246 g/mol. The summed E-state index contributed by atoms with van der Waals surface area (Å²) >= 11 is 0. The van der Waals surface area contributed by atoms with Crippen molar-refractivity contribution in [1.82, 2.24) is 10.2 Å². The monoisotopic (exact) mass is 246 g/mol. The van der Waals surface area contributed by atoms with E-state index in [0.29, 0.717) is 23.9 Å². The molecule has 2 saturated carbocycles. The fourth-order valence-corrected chi connectivity index (χ4v) is 3.55. The highest BCUT2D eigenvalue weighted by molar-refractivity contribution is 5.94. The number of nitrogens with zero attached hydrogens (tertiary/aromatic N) is 2. The van der Waals surface area contributed by atoms with Gasteiger partial charge in [0.05, 0.1) is 7.11 Å². The Morgan fingerprint density at radius 1 is 1.33 bits per heavy atom. The molecule has 3 unspecified atom stereocenters. The second-order valence-corrected chi connectivity index (χ2v) is 5.52. The summed E-state index contributed by atoms with van der Waals surface area (Å²) in [6, 6.07) is 3.41. The summed E-state index contributed by atoms with van der Waals surface area (Å²) < 4.78 is 4.94. The molecule has 1 aromatic rings. The Morgan fingerprint density at radius 2 is 2.22 bits per heavy atom. The van der Waals surface area contributed by atoms with Gasteiger partial charge < -0.3 is 4.74 Å². The van der Waals surface area contributed by atoms with Gasteiger partial charge in [-0.15, -0.1) is 10.2 Å². The van der Waals surface area contributed by atoms with E-state index < -0.39 is 0 Å². The van der Waals surface area contributed by atoms with Crippen LogP contribution in [0.2, 0.25) is 0 Å². The number of ketones is 1. The van der Waals surface area contributed by atoms with Gasteiger partial charge >= 0.3 is 0 Å². The van der Waals surface area contributed by atoms with Crippen molar-refractivity contribution in [3.05, 3.63) is 17.8 Å². The van der Waals surface area contributed by atoms with Crippen LogP contribution in [0.1, 0.15) is 42.6 Å². The topological polar surface area (TPSA) is 52.1 Å². The molecule has 1 heterocycles. The van der Waals surface area contributed by atoms with E-state index in [1.165, 1.54) is 25.7 Å².